The van der Waals surface area contributed by atoms with Crippen molar-refractivity contribution in [3.63, 3.8) is 0 Å². The molecule has 0 bridgehead atoms. The van der Waals surface area contributed by atoms with Crippen molar-refractivity contribution in [2.24, 2.45) is 0 Å². The first kappa shape index (κ1) is 12.8. The molecule has 0 spiro atoms. The van der Waals surface area contributed by atoms with Gasteiger partial charge in [0.25, 0.3) is 6.43 Å². The minimum Gasteiger partial charge on any atom is -0.486 e. The zero-order valence-corrected chi connectivity index (χ0v) is 9.46. The first-order valence-electron chi connectivity index (χ1n) is 5.21. The molecular formula is C11H16F2N2O. The van der Waals surface area contributed by atoms with E-state index in [1.54, 1.807) is 12.1 Å². The molecule has 0 atom stereocenters. The molecule has 0 aliphatic carbocycles. The van der Waals surface area contributed by atoms with Gasteiger partial charge >= 0.3 is 0 Å². The second kappa shape index (κ2) is 6.37. The fourth-order valence-electron chi connectivity index (χ4n) is 1.25. The number of aromatic nitrogens is 1. The van der Waals surface area contributed by atoms with Crippen LogP contribution in [0.25, 0.3) is 0 Å². The fraction of sp³-hybridized carbons (Fsp3) is 0.545. The first-order valence-corrected chi connectivity index (χ1v) is 5.21. The molecule has 3 nitrogen and oxygen atoms in total. The number of nitrogens with zero attached hydrogens (tertiary/aromatic N) is 1. The Morgan fingerprint density at radius 2 is 2.19 bits per heavy atom. The van der Waals surface area contributed by atoms with Crippen molar-refractivity contribution < 1.29 is 13.5 Å². The Bertz CT molecular complexity index is 332. The van der Waals surface area contributed by atoms with E-state index in [4.69, 9.17) is 4.74 Å². The molecule has 0 aliphatic heterocycles. The van der Waals surface area contributed by atoms with E-state index in [9.17, 15) is 8.78 Å². The molecule has 0 amide bonds. The van der Waals surface area contributed by atoms with Crippen molar-refractivity contribution in [2.75, 3.05) is 13.2 Å². The van der Waals surface area contributed by atoms with Gasteiger partial charge in [-0.05, 0) is 25.6 Å². The number of hydrogen-bond donors (Lipinski definition) is 1. The van der Waals surface area contributed by atoms with Gasteiger partial charge in [0.15, 0.2) is 0 Å². The molecule has 1 N–H and O–H groups in total. The van der Waals surface area contributed by atoms with Crippen LogP contribution in [0.3, 0.4) is 0 Å². The summed E-state index contributed by atoms with van der Waals surface area (Å²) in [6.45, 7) is 4.55. The zero-order chi connectivity index (χ0) is 12.0. The molecule has 0 saturated carbocycles. The van der Waals surface area contributed by atoms with E-state index in [-0.39, 0.29) is 0 Å². The molecule has 0 aliphatic rings. The smallest absolute Gasteiger partial charge is 0.272 e. The minimum atomic E-state index is -2.46. The molecule has 0 fully saturated rings. The molecular weight excluding hydrogens is 214 g/mol. The summed E-state index contributed by atoms with van der Waals surface area (Å²) >= 11 is 0. The van der Waals surface area contributed by atoms with Gasteiger partial charge in [-0.3, -0.25) is 4.98 Å². The lowest BCUT2D eigenvalue weighted by molar-refractivity contribution is 0.0811. The summed E-state index contributed by atoms with van der Waals surface area (Å²) in [7, 11) is 0. The predicted molar refractivity (Wildman–Crippen MR) is 57.9 cm³/mol. The molecule has 1 heterocycles. The molecule has 0 unspecified atom stereocenters. The molecule has 0 saturated heterocycles. The Kier molecular flexibility index (Phi) is 5.11. The number of pyridine rings is 1. The maximum absolute atomic E-state index is 12.0. The summed E-state index contributed by atoms with van der Waals surface area (Å²) in [6, 6.07) is 3.42. The molecule has 0 radical (unpaired) electrons. The number of ether oxygens (including phenoxy) is 1. The van der Waals surface area contributed by atoms with E-state index >= 15 is 0 Å². The standard InChI is InChI=1S/C11H16F2N2O/c1-3-14-6-9-10(16-7-11(12)13)5-4-8(2)15-9/h4-5,11,14H,3,6-7H2,1-2H3. The highest BCUT2D eigenvalue weighted by Crippen LogP contribution is 2.17. The summed E-state index contributed by atoms with van der Waals surface area (Å²) in [5.74, 6) is 0.423. The van der Waals surface area contributed by atoms with Crippen molar-refractivity contribution in [2.45, 2.75) is 26.8 Å². The van der Waals surface area contributed by atoms with Crippen molar-refractivity contribution >= 4 is 0 Å². The maximum Gasteiger partial charge on any atom is 0.272 e. The highest BCUT2D eigenvalue weighted by atomic mass is 19.3. The van der Waals surface area contributed by atoms with E-state index in [0.29, 0.717) is 18.0 Å². The molecule has 1 aromatic heterocycles. The fourth-order valence-corrected chi connectivity index (χ4v) is 1.25. The first-order chi connectivity index (χ1) is 7.63. The zero-order valence-electron chi connectivity index (χ0n) is 9.46. The Morgan fingerprint density at radius 1 is 1.44 bits per heavy atom. The minimum absolute atomic E-state index is 0.423. The maximum atomic E-state index is 12.0. The largest absolute Gasteiger partial charge is 0.486 e. The van der Waals surface area contributed by atoms with Crippen LogP contribution in [-0.4, -0.2) is 24.6 Å². The number of aryl methyl sites for hydroxylation is 1. The summed E-state index contributed by atoms with van der Waals surface area (Å²) in [5, 5.41) is 3.09. The molecule has 1 rings (SSSR count). The second-order valence-corrected chi connectivity index (χ2v) is 3.38. The van der Waals surface area contributed by atoms with Gasteiger partial charge < -0.3 is 10.1 Å². The molecule has 5 heteroatoms. The average molecular weight is 230 g/mol. The second-order valence-electron chi connectivity index (χ2n) is 3.38. The predicted octanol–water partition coefficient (Wildman–Crippen LogP) is 2.14. The number of rotatable bonds is 6. The third kappa shape index (κ3) is 4.10. The van der Waals surface area contributed by atoms with Crippen LogP contribution in [0.15, 0.2) is 12.1 Å². The Morgan fingerprint density at radius 3 is 2.81 bits per heavy atom. The summed E-state index contributed by atoms with van der Waals surface area (Å²) in [4.78, 5) is 4.26. The lowest BCUT2D eigenvalue weighted by Gasteiger charge is -2.11. The van der Waals surface area contributed by atoms with Crippen LogP contribution in [0.1, 0.15) is 18.3 Å². The number of alkyl halides is 2. The van der Waals surface area contributed by atoms with Gasteiger partial charge in [-0.2, -0.15) is 0 Å². The van der Waals surface area contributed by atoms with Crippen molar-refractivity contribution in [1.29, 1.82) is 0 Å². The highest BCUT2D eigenvalue weighted by Gasteiger charge is 2.08. The van der Waals surface area contributed by atoms with Crippen LogP contribution < -0.4 is 10.1 Å². The number of halogens is 2. The van der Waals surface area contributed by atoms with Crippen LogP contribution in [0, 0.1) is 6.92 Å². The number of hydrogen-bond acceptors (Lipinski definition) is 3. The Labute approximate surface area is 93.8 Å². The van der Waals surface area contributed by atoms with E-state index < -0.39 is 13.0 Å². The monoisotopic (exact) mass is 230 g/mol. The van der Waals surface area contributed by atoms with Gasteiger partial charge in [0, 0.05) is 12.2 Å². The van der Waals surface area contributed by atoms with Crippen LogP contribution >= 0.6 is 0 Å². The van der Waals surface area contributed by atoms with Gasteiger partial charge in [0.05, 0.1) is 5.69 Å². The number of nitrogens with one attached hydrogen (secondary N) is 1. The van der Waals surface area contributed by atoms with Crippen LogP contribution in [0.4, 0.5) is 8.78 Å². The Balaban J connectivity index is 2.72. The van der Waals surface area contributed by atoms with Gasteiger partial charge in [-0.15, -0.1) is 0 Å². The third-order valence-corrected chi connectivity index (χ3v) is 1.98. The van der Waals surface area contributed by atoms with Gasteiger partial charge in [-0.1, -0.05) is 6.92 Å². The highest BCUT2D eigenvalue weighted by molar-refractivity contribution is 5.29. The molecule has 16 heavy (non-hydrogen) atoms. The normalized spacial score (nSPS) is 10.8. The molecule has 1 aromatic rings. The quantitative estimate of drug-likeness (QED) is 0.813. The lowest BCUT2D eigenvalue weighted by atomic mass is 10.3. The van der Waals surface area contributed by atoms with Crippen molar-refractivity contribution in [1.82, 2.24) is 10.3 Å². The summed E-state index contributed by atoms with van der Waals surface area (Å²) < 4.78 is 29.0. The lowest BCUT2D eigenvalue weighted by Crippen LogP contribution is -2.16. The van der Waals surface area contributed by atoms with Gasteiger partial charge in [0.1, 0.15) is 12.4 Å². The van der Waals surface area contributed by atoms with Crippen molar-refractivity contribution in [3.05, 3.63) is 23.5 Å². The Hall–Kier alpha value is -1.23. The SMILES string of the molecule is CCNCc1nc(C)ccc1OCC(F)F. The van der Waals surface area contributed by atoms with E-state index in [1.165, 1.54) is 0 Å². The third-order valence-electron chi connectivity index (χ3n) is 1.98. The van der Waals surface area contributed by atoms with Gasteiger partial charge in [-0.25, -0.2) is 8.78 Å². The van der Waals surface area contributed by atoms with Crippen LogP contribution in [0.5, 0.6) is 5.75 Å². The van der Waals surface area contributed by atoms with Gasteiger partial charge in [0.2, 0.25) is 0 Å². The van der Waals surface area contributed by atoms with Crippen LogP contribution in [-0.2, 0) is 6.54 Å². The summed E-state index contributed by atoms with van der Waals surface area (Å²) in [6.07, 6.45) is -2.46. The van der Waals surface area contributed by atoms with E-state index in [1.807, 2.05) is 13.8 Å². The average Bonchev–Trinajstić information content (AvgIpc) is 2.24. The molecule has 0 aromatic carbocycles. The van der Waals surface area contributed by atoms with E-state index in [0.717, 1.165) is 12.2 Å². The topological polar surface area (TPSA) is 34.2 Å². The molecule has 90 valence electrons. The van der Waals surface area contributed by atoms with Crippen molar-refractivity contribution in [3.8, 4) is 5.75 Å². The summed E-state index contributed by atoms with van der Waals surface area (Å²) in [5.41, 5.74) is 1.51. The van der Waals surface area contributed by atoms with Crippen LogP contribution in [0.2, 0.25) is 0 Å². The van der Waals surface area contributed by atoms with E-state index in [2.05, 4.69) is 10.3 Å².